The van der Waals surface area contributed by atoms with Gasteiger partial charge in [0.05, 0.1) is 19.3 Å². The van der Waals surface area contributed by atoms with Gasteiger partial charge in [0.1, 0.15) is 29.6 Å². The average molecular weight is 499 g/mol. The molecule has 0 aromatic heterocycles. The van der Waals surface area contributed by atoms with Crippen LogP contribution < -0.4 is 0 Å². The van der Waals surface area contributed by atoms with Gasteiger partial charge in [-0.25, -0.2) is 0 Å². The van der Waals surface area contributed by atoms with E-state index in [0.29, 0.717) is 26.1 Å². The molecule has 0 radical (unpaired) electrons. The minimum Gasteiger partial charge on any atom is -0.396 e. The van der Waals surface area contributed by atoms with Crippen molar-refractivity contribution < 1.29 is 31.9 Å². The van der Waals surface area contributed by atoms with Crippen LogP contribution in [0.3, 0.4) is 0 Å². The van der Waals surface area contributed by atoms with E-state index in [9.17, 15) is 13.5 Å². The molecule has 33 heavy (non-hydrogen) atoms. The molecule has 7 nitrogen and oxygen atoms in total. The highest BCUT2D eigenvalue weighted by molar-refractivity contribution is 7.87. The molecule has 0 spiro atoms. The second-order valence-corrected chi connectivity index (χ2v) is 10.1. The lowest BCUT2D eigenvalue weighted by molar-refractivity contribution is -0.0942. The van der Waals surface area contributed by atoms with Crippen molar-refractivity contribution in [1.29, 1.82) is 0 Å². The lowest BCUT2D eigenvalue weighted by Crippen LogP contribution is -2.43. The molecule has 182 valence electrons. The predicted octanol–water partition coefficient (Wildman–Crippen LogP) is 3.63. The summed E-state index contributed by atoms with van der Waals surface area (Å²) in [6, 6.07) is 19.4. The number of rotatable bonds is 13. The molecule has 0 saturated carbocycles. The van der Waals surface area contributed by atoms with Crippen molar-refractivity contribution >= 4 is 21.7 Å². The Labute approximate surface area is 200 Å². The highest BCUT2D eigenvalue weighted by Crippen LogP contribution is 2.34. The van der Waals surface area contributed by atoms with Gasteiger partial charge < -0.3 is 19.3 Å². The average Bonchev–Trinajstić information content (AvgIpc) is 3.18. The van der Waals surface area contributed by atoms with E-state index in [-0.39, 0.29) is 6.61 Å². The Hall–Kier alpha value is -1.52. The fourth-order valence-electron chi connectivity index (χ4n) is 3.91. The fourth-order valence-corrected chi connectivity index (χ4v) is 4.74. The van der Waals surface area contributed by atoms with Gasteiger partial charge in [0.2, 0.25) is 0 Å². The maximum Gasteiger partial charge on any atom is 0.281 e. The Morgan fingerprint density at radius 2 is 1.52 bits per heavy atom. The Morgan fingerprint density at radius 3 is 2.00 bits per heavy atom. The molecular weight excluding hydrogens is 468 g/mol. The topological polar surface area (TPSA) is 91.3 Å². The van der Waals surface area contributed by atoms with Crippen molar-refractivity contribution in [1.82, 2.24) is 0 Å². The zero-order valence-corrected chi connectivity index (χ0v) is 20.2. The quantitative estimate of drug-likeness (QED) is 0.333. The van der Waals surface area contributed by atoms with Gasteiger partial charge in [0, 0.05) is 6.61 Å². The number of benzene rings is 2. The van der Waals surface area contributed by atoms with Crippen molar-refractivity contribution in [2.75, 3.05) is 11.8 Å². The van der Waals surface area contributed by atoms with Gasteiger partial charge >= 0.3 is 0 Å². The van der Waals surface area contributed by atoms with E-state index in [1.54, 1.807) is 0 Å². The summed E-state index contributed by atoms with van der Waals surface area (Å²) in [7, 11) is -3.92. The van der Waals surface area contributed by atoms with Crippen LogP contribution in [0.2, 0.25) is 0 Å². The van der Waals surface area contributed by atoms with Gasteiger partial charge in [0.25, 0.3) is 10.1 Å². The molecule has 1 aliphatic heterocycles. The fraction of sp³-hybridized carbons (Fsp3) is 0.500. The first-order chi connectivity index (χ1) is 16.0. The van der Waals surface area contributed by atoms with Crippen molar-refractivity contribution in [3.63, 3.8) is 0 Å². The number of halogens is 1. The van der Waals surface area contributed by atoms with Crippen LogP contribution in [0.1, 0.15) is 30.9 Å². The first-order valence-electron chi connectivity index (χ1n) is 11.0. The molecule has 1 fully saturated rings. The number of hydrogen-bond acceptors (Lipinski definition) is 7. The van der Waals surface area contributed by atoms with Gasteiger partial charge in [-0.3, -0.25) is 4.18 Å². The normalized spacial score (nSPS) is 24.1. The molecule has 0 bridgehead atoms. The highest BCUT2D eigenvalue weighted by atomic mass is 35.5. The highest BCUT2D eigenvalue weighted by Gasteiger charge is 2.50. The molecule has 1 N–H and O–H groups in total. The second kappa shape index (κ2) is 12.8. The van der Waals surface area contributed by atoms with Gasteiger partial charge in [0.15, 0.2) is 0 Å². The zero-order valence-electron chi connectivity index (χ0n) is 18.6. The van der Waals surface area contributed by atoms with Crippen LogP contribution in [0.15, 0.2) is 60.7 Å². The maximum absolute atomic E-state index is 12.1. The number of alkyl halides is 1. The summed E-state index contributed by atoms with van der Waals surface area (Å²) in [5.74, 6) is 0. The second-order valence-electron chi connectivity index (χ2n) is 7.88. The number of ether oxygens (including phenoxy) is 3. The van der Waals surface area contributed by atoms with Crippen LogP contribution in [0.25, 0.3) is 0 Å². The van der Waals surface area contributed by atoms with Crippen LogP contribution in [-0.4, -0.2) is 55.9 Å². The third-order valence-corrected chi connectivity index (χ3v) is 7.11. The lowest BCUT2D eigenvalue weighted by Gasteiger charge is -2.28. The lowest BCUT2D eigenvalue weighted by atomic mass is 10.0. The van der Waals surface area contributed by atoms with Gasteiger partial charge in [-0.15, -0.1) is 11.6 Å². The van der Waals surface area contributed by atoms with Gasteiger partial charge in [-0.05, 0) is 24.0 Å². The molecule has 3 rings (SSSR count). The molecule has 2 aromatic carbocycles. The van der Waals surface area contributed by atoms with Crippen molar-refractivity contribution in [3.05, 3.63) is 71.8 Å². The van der Waals surface area contributed by atoms with Gasteiger partial charge in [-0.1, -0.05) is 67.6 Å². The largest absolute Gasteiger partial charge is 0.396 e. The molecule has 1 saturated heterocycles. The standard InChI is InChI=1S/C24H31ClO7S/c1-2-20(32-33(27,28)17-25)23-24(30-16-19-11-7-4-8-12-19)22(21(31-23)13-14-26)29-15-18-9-5-3-6-10-18/h3-12,20-24,26H,2,13-17H2,1H3/t20-,21-,22-,23+,24+/m0/s1. The predicted molar refractivity (Wildman–Crippen MR) is 125 cm³/mol. The van der Waals surface area contributed by atoms with E-state index in [4.69, 9.17) is 30.0 Å². The number of aliphatic hydroxyl groups is 1. The molecule has 0 aliphatic carbocycles. The molecule has 1 heterocycles. The van der Waals surface area contributed by atoms with E-state index >= 15 is 0 Å². The molecule has 0 amide bonds. The van der Waals surface area contributed by atoms with E-state index in [2.05, 4.69) is 0 Å². The zero-order chi connectivity index (χ0) is 23.7. The van der Waals surface area contributed by atoms with Crippen LogP contribution in [0.5, 0.6) is 0 Å². The summed E-state index contributed by atoms with van der Waals surface area (Å²) < 4.78 is 48.3. The van der Waals surface area contributed by atoms with Crippen molar-refractivity contribution in [2.24, 2.45) is 0 Å². The van der Waals surface area contributed by atoms with E-state index in [1.807, 2.05) is 67.6 Å². The molecular formula is C24H31ClO7S. The van der Waals surface area contributed by atoms with Crippen molar-refractivity contribution in [2.45, 2.75) is 63.5 Å². The van der Waals surface area contributed by atoms with Crippen molar-refractivity contribution in [3.8, 4) is 0 Å². The first-order valence-corrected chi connectivity index (χ1v) is 13.1. The number of aliphatic hydroxyl groups excluding tert-OH is 1. The summed E-state index contributed by atoms with van der Waals surface area (Å²) in [4.78, 5) is 0. The van der Waals surface area contributed by atoms with E-state index in [0.717, 1.165) is 11.1 Å². The summed E-state index contributed by atoms with van der Waals surface area (Å²) in [5.41, 5.74) is 1.95. The number of hydrogen-bond donors (Lipinski definition) is 1. The van der Waals surface area contributed by atoms with Crippen LogP contribution in [0.4, 0.5) is 0 Å². The Balaban J connectivity index is 1.84. The molecule has 2 aromatic rings. The van der Waals surface area contributed by atoms with Crippen LogP contribution in [0, 0.1) is 0 Å². The maximum atomic E-state index is 12.1. The summed E-state index contributed by atoms with van der Waals surface area (Å²) >= 11 is 5.56. The minimum atomic E-state index is -3.92. The van der Waals surface area contributed by atoms with E-state index in [1.165, 1.54) is 0 Å². The third-order valence-electron chi connectivity index (χ3n) is 5.50. The Bertz CT molecular complexity index is 926. The minimum absolute atomic E-state index is 0.106. The monoisotopic (exact) mass is 498 g/mol. The Morgan fingerprint density at radius 1 is 0.970 bits per heavy atom. The molecule has 5 atom stereocenters. The third kappa shape index (κ3) is 7.48. The molecule has 9 heteroatoms. The van der Waals surface area contributed by atoms with E-state index < -0.39 is 45.8 Å². The van der Waals surface area contributed by atoms with Crippen LogP contribution >= 0.6 is 11.6 Å². The van der Waals surface area contributed by atoms with Crippen LogP contribution in [-0.2, 0) is 41.7 Å². The summed E-state index contributed by atoms with van der Waals surface area (Å²) in [6.45, 7) is 2.32. The first kappa shape index (κ1) is 26.1. The Kier molecular flexibility index (Phi) is 10.1. The van der Waals surface area contributed by atoms with Gasteiger partial charge in [-0.2, -0.15) is 8.42 Å². The summed E-state index contributed by atoms with van der Waals surface area (Å²) in [5, 5.41) is 8.96. The SMILES string of the molecule is CC[C@H](OS(=O)(=O)CCl)[C@H]1O[C@@H](CCO)[C@H](OCc2ccccc2)[C@H]1OCc1ccccc1. The summed E-state index contributed by atoms with van der Waals surface area (Å²) in [6.07, 6.45) is -2.46. The smallest absolute Gasteiger partial charge is 0.281 e. The molecule has 1 aliphatic rings. The molecule has 0 unspecified atom stereocenters.